The third-order valence-electron chi connectivity index (χ3n) is 4.34. The van der Waals surface area contributed by atoms with Crippen molar-refractivity contribution in [2.24, 2.45) is 4.99 Å². The van der Waals surface area contributed by atoms with Crippen LogP contribution in [0.3, 0.4) is 0 Å². The molecule has 0 bridgehead atoms. The summed E-state index contributed by atoms with van der Waals surface area (Å²) in [7, 11) is 1.79. The van der Waals surface area contributed by atoms with Crippen molar-refractivity contribution in [1.82, 2.24) is 15.2 Å². The first-order valence-electron chi connectivity index (χ1n) is 8.82. The van der Waals surface area contributed by atoms with E-state index in [1.807, 2.05) is 13.8 Å². The molecule has 1 saturated heterocycles. The lowest BCUT2D eigenvalue weighted by molar-refractivity contribution is -0.0604. The number of aryl methyl sites for hydroxylation is 1. The Morgan fingerprint density at radius 1 is 1.37 bits per heavy atom. The SMILES string of the molecule is CN=C(NCCc1csc(C)n1)N1CC(C)OC(c2ccc(F)cc2)C1.I. The first-order chi connectivity index (χ1) is 12.5. The number of morpholine rings is 1. The van der Waals surface area contributed by atoms with Crippen molar-refractivity contribution >= 4 is 41.3 Å². The fraction of sp³-hybridized carbons (Fsp3) is 0.474. The molecule has 3 rings (SSSR count). The summed E-state index contributed by atoms with van der Waals surface area (Å²) in [6, 6.07) is 6.53. The summed E-state index contributed by atoms with van der Waals surface area (Å²) in [4.78, 5) is 11.1. The monoisotopic (exact) mass is 504 g/mol. The summed E-state index contributed by atoms with van der Waals surface area (Å²) in [6.07, 6.45) is 0.836. The van der Waals surface area contributed by atoms with Crippen molar-refractivity contribution in [1.29, 1.82) is 0 Å². The molecule has 2 aromatic rings. The van der Waals surface area contributed by atoms with Crippen LogP contribution in [0.2, 0.25) is 0 Å². The van der Waals surface area contributed by atoms with Crippen LogP contribution in [-0.2, 0) is 11.2 Å². The van der Waals surface area contributed by atoms with Crippen molar-refractivity contribution in [2.45, 2.75) is 32.5 Å². The Bertz CT molecular complexity index is 752. The predicted molar refractivity (Wildman–Crippen MR) is 119 cm³/mol. The zero-order chi connectivity index (χ0) is 18.5. The highest BCUT2D eigenvalue weighted by Crippen LogP contribution is 2.25. The lowest BCUT2D eigenvalue weighted by Gasteiger charge is -2.38. The number of aromatic nitrogens is 1. The number of rotatable bonds is 4. The molecule has 8 heteroatoms. The van der Waals surface area contributed by atoms with Gasteiger partial charge in [0.2, 0.25) is 0 Å². The molecular weight excluding hydrogens is 478 g/mol. The Labute approximate surface area is 181 Å². The number of hydrogen-bond acceptors (Lipinski definition) is 4. The van der Waals surface area contributed by atoms with E-state index in [-0.39, 0.29) is 42.0 Å². The highest BCUT2D eigenvalue weighted by molar-refractivity contribution is 14.0. The predicted octanol–water partition coefficient (Wildman–Crippen LogP) is 3.79. The van der Waals surface area contributed by atoms with Crippen LogP contribution < -0.4 is 5.32 Å². The third kappa shape index (κ3) is 6.11. The van der Waals surface area contributed by atoms with Gasteiger partial charge >= 0.3 is 0 Å². The van der Waals surface area contributed by atoms with Gasteiger partial charge in [-0.25, -0.2) is 9.37 Å². The van der Waals surface area contributed by atoms with Gasteiger partial charge < -0.3 is 15.0 Å². The van der Waals surface area contributed by atoms with Crippen LogP contribution >= 0.6 is 35.3 Å². The van der Waals surface area contributed by atoms with Crippen molar-refractivity contribution in [2.75, 3.05) is 26.7 Å². The molecule has 1 aromatic carbocycles. The van der Waals surface area contributed by atoms with Crippen LogP contribution in [0.25, 0.3) is 0 Å². The van der Waals surface area contributed by atoms with Crippen LogP contribution in [0, 0.1) is 12.7 Å². The topological polar surface area (TPSA) is 49.8 Å². The average Bonchev–Trinajstić information content (AvgIpc) is 3.04. The van der Waals surface area contributed by atoms with Crippen molar-refractivity contribution in [3.05, 3.63) is 51.7 Å². The van der Waals surface area contributed by atoms with Gasteiger partial charge in [0.05, 0.1) is 23.4 Å². The molecule has 27 heavy (non-hydrogen) atoms. The number of ether oxygens (including phenoxy) is 1. The third-order valence-corrected chi connectivity index (χ3v) is 5.17. The number of nitrogens with one attached hydrogen (secondary N) is 1. The Balaban J connectivity index is 0.00000261. The van der Waals surface area contributed by atoms with Crippen molar-refractivity contribution in [3.63, 3.8) is 0 Å². The van der Waals surface area contributed by atoms with E-state index < -0.39 is 0 Å². The number of aliphatic imine (C=N–C) groups is 1. The number of halogens is 2. The molecule has 0 radical (unpaired) electrons. The second kappa shape index (κ2) is 10.3. The Hall–Kier alpha value is -1.26. The molecule has 5 nitrogen and oxygen atoms in total. The van der Waals surface area contributed by atoms with E-state index in [0.29, 0.717) is 6.54 Å². The normalized spacial score (nSPS) is 20.3. The molecule has 0 amide bonds. The van der Waals surface area contributed by atoms with E-state index in [2.05, 4.69) is 25.6 Å². The maximum atomic E-state index is 13.2. The standard InChI is InChI=1S/C19H25FN4OS.HI/c1-13-10-24(11-18(25-13)15-4-6-16(20)7-5-15)19(21-3)22-9-8-17-12-26-14(2)23-17;/h4-7,12-13,18H,8-11H2,1-3H3,(H,21,22);1H. The molecule has 1 aliphatic heterocycles. The Morgan fingerprint density at radius 3 is 2.74 bits per heavy atom. The van der Waals surface area contributed by atoms with Crippen molar-refractivity contribution < 1.29 is 9.13 Å². The lowest BCUT2D eigenvalue weighted by atomic mass is 10.1. The number of hydrogen-bond donors (Lipinski definition) is 1. The van der Waals surface area contributed by atoms with E-state index in [0.717, 1.165) is 41.7 Å². The molecule has 0 spiro atoms. The summed E-state index contributed by atoms with van der Waals surface area (Å²) in [6.45, 7) is 6.31. The number of nitrogens with zero attached hydrogens (tertiary/aromatic N) is 3. The molecule has 0 aliphatic carbocycles. The maximum Gasteiger partial charge on any atom is 0.193 e. The molecule has 0 saturated carbocycles. The second-order valence-electron chi connectivity index (χ2n) is 6.47. The van der Waals surface area contributed by atoms with Gasteiger partial charge in [-0.05, 0) is 31.5 Å². The molecule has 1 fully saturated rings. The van der Waals surface area contributed by atoms with Crippen LogP contribution in [0.1, 0.15) is 29.3 Å². The van der Waals surface area contributed by atoms with Gasteiger partial charge in [-0.2, -0.15) is 0 Å². The molecule has 1 N–H and O–H groups in total. The summed E-state index contributed by atoms with van der Waals surface area (Å²) >= 11 is 1.67. The molecule has 2 atom stereocenters. The van der Waals surface area contributed by atoms with Crippen molar-refractivity contribution in [3.8, 4) is 0 Å². The molecule has 2 heterocycles. The Kier molecular flexibility index (Phi) is 8.43. The van der Waals surface area contributed by atoms with Gasteiger partial charge in [-0.15, -0.1) is 35.3 Å². The molecule has 1 aromatic heterocycles. The summed E-state index contributed by atoms with van der Waals surface area (Å²) in [5.74, 6) is 0.628. The zero-order valence-corrected chi connectivity index (χ0v) is 19.0. The summed E-state index contributed by atoms with van der Waals surface area (Å²) < 4.78 is 19.2. The molecular formula is C19H26FIN4OS. The summed E-state index contributed by atoms with van der Waals surface area (Å²) in [5, 5.41) is 6.61. The van der Waals surface area contributed by atoms with Crippen LogP contribution in [-0.4, -0.2) is 48.6 Å². The largest absolute Gasteiger partial charge is 0.367 e. The second-order valence-corrected chi connectivity index (χ2v) is 7.54. The highest BCUT2D eigenvalue weighted by Gasteiger charge is 2.28. The van der Waals surface area contributed by atoms with E-state index >= 15 is 0 Å². The molecule has 148 valence electrons. The lowest BCUT2D eigenvalue weighted by Crippen LogP contribution is -2.51. The van der Waals surface area contributed by atoms with Crippen LogP contribution in [0.5, 0.6) is 0 Å². The van der Waals surface area contributed by atoms with Gasteiger partial charge in [0.15, 0.2) is 5.96 Å². The fourth-order valence-electron chi connectivity index (χ4n) is 3.14. The first kappa shape index (κ1) is 22.0. The number of thiazole rings is 1. The first-order valence-corrected chi connectivity index (χ1v) is 9.70. The maximum absolute atomic E-state index is 13.2. The minimum atomic E-state index is -0.232. The number of guanidine groups is 1. The minimum absolute atomic E-state index is 0. The van der Waals surface area contributed by atoms with E-state index in [1.165, 1.54) is 12.1 Å². The molecule has 1 aliphatic rings. The zero-order valence-electron chi connectivity index (χ0n) is 15.8. The van der Waals surface area contributed by atoms with Gasteiger partial charge in [0.1, 0.15) is 11.9 Å². The Morgan fingerprint density at radius 2 is 2.11 bits per heavy atom. The van der Waals surface area contributed by atoms with Gasteiger partial charge in [-0.3, -0.25) is 4.99 Å². The van der Waals surface area contributed by atoms with E-state index in [9.17, 15) is 4.39 Å². The van der Waals surface area contributed by atoms with Gasteiger partial charge in [0, 0.05) is 31.9 Å². The van der Waals surface area contributed by atoms with Crippen LogP contribution in [0.15, 0.2) is 34.6 Å². The fourth-order valence-corrected chi connectivity index (χ4v) is 3.79. The average molecular weight is 504 g/mol. The molecule has 2 unspecified atom stereocenters. The minimum Gasteiger partial charge on any atom is -0.367 e. The quantitative estimate of drug-likeness (QED) is 0.391. The van der Waals surface area contributed by atoms with Gasteiger partial charge in [0.25, 0.3) is 0 Å². The number of benzene rings is 1. The summed E-state index contributed by atoms with van der Waals surface area (Å²) in [5.41, 5.74) is 2.09. The highest BCUT2D eigenvalue weighted by atomic mass is 127. The van der Waals surface area contributed by atoms with Gasteiger partial charge in [-0.1, -0.05) is 12.1 Å². The smallest absolute Gasteiger partial charge is 0.193 e. The van der Waals surface area contributed by atoms with Crippen LogP contribution in [0.4, 0.5) is 4.39 Å². The van der Waals surface area contributed by atoms with E-state index in [1.54, 1.807) is 30.5 Å². The van der Waals surface area contributed by atoms with E-state index in [4.69, 9.17) is 4.74 Å².